The molecule has 1 aromatic carbocycles. The first-order valence-electron chi connectivity index (χ1n) is 5.64. The van der Waals surface area contributed by atoms with Gasteiger partial charge in [0.15, 0.2) is 0 Å². The predicted octanol–water partition coefficient (Wildman–Crippen LogP) is 3.70. The summed E-state index contributed by atoms with van der Waals surface area (Å²) in [4.78, 5) is 1.35. The quantitative estimate of drug-likeness (QED) is 0.846. The summed E-state index contributed by atoms with van der Waals surface area (Å²) in [5.74, 6) is 0. The second-order valence-electron chi connectivity index (χ2n) is 3.90. The molecule has 1 nitrogen and oxygen atoms in total. The highest BCUT2D eigenvalue weighted by molar-refractivity contribution is 7.13. The van der Waals surface area contributed by atoms with Gasteiger partial charge in [0.25, 0.3) is 0 Å². The van der Waals surface area contributed by atoms with Crippen LogP contribution in [0.4, 0.5) is 0 Å². The maximum atomic E-state index is 3.17. The van der Waals surface area contributed by atoms with Gasteiger partial charge in [0, 0.05) is 11.4 Å². The average molecular weight is 231 g/mol. The molecule has 1 heterocycles. The zero-order valence-electron chi connectivity index (χ0n) is 9.79. The van der Waals surface area contributed by atoms with Gasteiger partial charge in [-0.25, -0.2) is 0 Å². The van der Waals surface area contributed by atoms with Crippen molar-refractivity contribution in [3.05, 3.63) is 46.8 Å². The van der Waals surface area contributed by atoms with Crippen molar-refractivity contribution in [2.24, 2.45) is 0 Å². The lowest BCUT2D eigenvalue weighted by Gasteiger charge is -1.99. The van der Waals surface area contributed by atoms with Crippen LogP contribution >= 0.6 is 11.3 Å². The molecule has 2 rings (SSSR count). The Labute approximate surface area is 101 Å². The molecule has 0 amide bonds. The van der Waals surface area contributed by atoms with Crippen molar-refractivity contribution in [3.8, 4) is 10.4 Å². The number of nitrogens with one attached hydrogen (secondary N) is 1. The Hall–Kier alpha value is -1.12. The molecule has 1 aromatic heterocycles. The smallest absolute Gasteiger partial charge is 0.0346 e. The van der Waals surface area contributed by atoms with E-state index >= 15 is 0 Å². The molecule has 0 unspecified atom stereocenters. The van der Waals surface area contributed by atoms with Gasteiger partial charge in [0.1, 0.15) is 0 Å². The van der Waals surface area contributed by atoms with Crippen molar-refractivity contribution in [1.29, 1.82) is 0 Å². The zero-order valence-corrected chi connectivity index (χ0v) is 10.6. The molecule has 0 fully saturated rings. The number of aryl methyl sites for hydroxylation is 1. The topological polar surface area (TPSA) is 12.0 Å². The van der Waals surface area contributed by atoms with E-state index in [4.69, 9.17) is 0 Å². The Bertz CT molecular complexity index is 442. The molecule has 0 atom stereocenters. The second kappa shape index (κ2) is 5.28. The molecule has 1 N–H and O–H groups in total. The first-order chi connectivity index (χ1) is 7.83. The van der Waals surface area contributed by atoms with E-state index in [0.29, 0.717) is 0 Å². The van der Waals surface area contributed by atoms with E-state index in [1.807, 2.05) is 18.4 Å². The highest BCUT2D eigenvalue weighted by atomic mass is 32.1. The van der Waals surface area contributed by atoms with Gasteiger partial charge in [0.2, 0.25) is 0 Å². The van der Waals surface area contributed by atoms with E-state index < -0.39 is 0 Å². The van der Waals surface area contributed by atoms with Crippen molar-refractivity contribution in [3.63, 3.8) is 0 Å². The van der Waals surface area contributed by atoms with E-state index in [9.17, 15) is 0 Å². The van der Waals surface area contributed by atoms with E-state index in [1.54, 1.807) is 0 Å². The summed E-state index contributed by atoms with van der Waals surface area (Å²) in [7, 11) is 1.98. The van der Waals surface area contributed by atoms with Crippen LogP contribution in [0.15, 0.2) is 35.7 Å². The highest BCUT2D eigenvalue weighted by Crippen LogP contribution is 2.27. The minimum Gasteiger partial charge on any atom is -0.316 e. The van der Waals surface area contributed by atoms with Crippen LogP contribution in [0, 0.1) is 0 Å². The molecule has 0 spiro atoms. The summed E-state index contributed by atoms with van der Waals surface area (Å²) in [5.41, 5.74) is 4.09. The largest absolute Gasteiger partial charge is 0.316 e. The first-order valence-corrected chi connectivity index (χ1v) is 6.52. The fourth-order valence-electron chi connectivity index (χ4n) is 1.73. The van der Waals surface area contributed by atoms with Gasteiger partial charge in [-0.2, -0.15) is 0 Å². The molecule has 2 aromatic rings. The second-order valence-corrected chi connectivity index (χ2v) is 4.81. The molecule has 0 aliphatic rings. The number of thiophene rings is 1. The van der Waals surface area contributed by atoms with Crippen molar-refractivity contribution < 1.29 is 0 Å². The van der Waals surface area contributed by atoms with Crippen LogP contribution in [-0.4, -0.2) is 7.05 Å². The molecule has 16 heavy (non-hydrogen) atoms. The maximum absolute atomic E-state index is 3.17. The van der Waals surface area contributed by atoms with Crippen LogP contribution < -0.4 is 5.32 Å². The zero-order chi connectivity index (χ0) is 11.4. The van der Waals surface area contributed by atoms with Crippen molar-refractivity contribution in [1.82, 2.24) is 5.32 Å². The molecule has 0 aliphatic carbocycles. The van der Waals surface area contributed by atoms with Gasteiger partial charge in [0.05, 0.1) is 0 Å². The third-order valence-electron chi connectivity index (χ3n) is 2.68. The van der Waals surface area contributed by atoms with Crippen LogP contribution in [0.2, 0.25) is 0 Å². The average Bonchev–Trinajstić information content (AvgIpc) is 2.78. The van der Waals surface area contributed by atoms with Gasteiger partial charge in [-0.15, -0.1) is 11.3 Å². The van der Waals surface area contributed by atoms with Gasteiger partial charge >= 0.3 is 0 Å². The third-order valence-corrected chi connectivity index (χ3v) is 3.71. The monoisotopic (exact) mass is 231 g/mol. The van der Waals surface area contributed by atoms with Crippen LogP contribution in [0.1, 0.15) is 18.1 Å². The molecular formula is C14H17NS. The summed E-state index contributed by atoms with van der Waals surface area (Å²) in [6.07, 6.45) is 1.11. The number of benzene rings is 1. The van der Waals surface area contributed by atoms with Crippen LogP contribution in [-0.2, 0) is 13.0 Å². The lowest BCUT2D eigenvalue weighted by atomic mass is 10.1. The van der Waals surface area contributed by atoms with E-state index in [0.717, 1.165) is 13.0 Å². The molecule has 0 saturated carbocycles. The summed E-state index contributed by atoms with van der Waals surface area (Å²) >= 11 is 1.82. The van der Waals surface area contributed by atoms with Crippen LogP contribution in [0.3, 0.4) is 0 Å². The molecule has 0 bridgehead atoms. The number of hydrogen-bond donors (Lipinski definition) is 1. The number of hydrogen-bond acceptors (Lipinski definition) is 2. The maximum Gasteiger partial charge on any atom is 0.0346 e. The van der Waals surface area contributed by atoms with Crippen LogP contribution in [0.5, 0.6) is 0 Å². The van der Waals surface area contributed by atoms with E-state index in [-0.39, 0.29) is 0 Å². The van der Waals surface area contributed by atoms with Gasteiger partial charge in [-0.1, -0.05) is 31.2 Å². The molecule has 0 radical (unpaired) electrons. The number of rotatable bonds is 4. The minimum absolute atomic E-state index is 0.948. The molecule has 2 heteroatoms. The lowest BCUT2D eigenvalue weighted by molar-refractivity contribution is 0.821. The van der Waals surface area contributed by atoms with Gasteiger partial charge in [-0.3, -0.25) is 0 Å². The molecule has 84 valence electrons. The van der Waals surface area contributed by atoms with E-state index in [1.165, 1.54) is 21.6 Å². The lowest BCUT2D eigenvalue weighted by Crippen LogP contribution is -2.03. The van der Waals surface area contributed by atoms with Gasteiger partial charge in [-0.05, 0) is 41.6 Å². The Balaban J connectivity index is 2.21. The summed E-state index contributed by atoms with van der Waals surface area (Å²) in [6.45, 7) is 3.13. The van der Waals surface area contributed by atoms with Crippen molar-refractivity contribution in [2.75, 3.05) is 7.05 Å². The Morgan fingerprint density at radius 3 is 2.50 bits per heavy atom. The standard InChI is InChI=1S/C14H17NS/c1-3-11-4-6-13(7-5-11)14-8-12(9-15-2)10-16-14/h4-8,10,15H,3,9H2,1-2H3. The first kappa shape index (κ1) is 11.4. The summed E-state index contributed by atoms with van der Waals surface area (Å²) < 4.78 is 0. The molecule has 0 aliphatic heterocycles. The van der Waals surface area contributed by atoms with Gasteiger partial charge < -0.3 is 5.32 Å². The highest BCUT2D eigenvalue weighted by Gasteiger charge is 2.01. The molecule has 0 saturated heterocycles. The minimum atomic E-state index is 0.948. The predicted molar refractivity (Wildman–Crippen MR) is 71.9 cm³/mol. The fraction of sp³-hybridized carbons (Fsp3) is 0.286. The summed E-state index contributed by atoms with van der Waals surface area (Å²) in [5, 5.41) is 5.40. The van der Waals surface area contributed by atoms with E-state index in [2.05, 4.69) is 48.0 Å². The molecular weight excluding hydrogens is 214 g/mol. The normalized spacial score (nSPS) is 10.6. The third kappa shape index (κ3) is 2.52. The summed E-state index contributed by atoms with van der Waals surface area (Å²) in [6, 6.07) is 11.1. The Morgan fingerprint density at radius 2 is 1.88 bits per heavy atom. The SMILES string of the molecule is CCc1ccc(-c2cc(CNC)cs2)cc1. The fourth-order valence-corrected chi connectivity index (χ4v) is 2.65. The Kier molecular flexibility index (Phi) is 3.75. The van der Waals surface area contributed by atoms with Crippen LogP contribution in [0.25, 0.3) is 10.4 Å². The van der Waals surface area contributed by atoms with Crippen molar-refractivity contribution >= 4 is 11.3 Å². The Morgan fingerprint density at radius 1 is 1.12 bits per heavy atom. The van der Waals surface area contributed by atoms with Crippen molar-refractivity contribution in [2.45, 2.75) is 19.9 Å².